The Morgan fingerprint density at radius 3 is 2.88 bits per heavy atom. The van der Waals surface area contributed by atoms with Crippen LogP contribution in [0.1, 0.15) is 37.3 Å². The summed E-state index contributed by atoms with van der Waals surface area (Å²) in [5, 5.41) is 3.54. The molecule has 0 saturated heterocycles. The van der Waals surface area contributed by atoms with Crippen LogP contribution in [0, 0.1) is 0 Å². The van der Waals surface area contributed by atoms with Crippen LogP contribution >= 0.6 is 0 Å². The topological polar surface area (TPSA) is 29.9 Å². The van der Waals surface area contributed by atoms with Crippen LogP contribution in [0.15, 0.2) is 24.5 Å². The third-order valence-electron chi connectivity index (χ3n) is 3.75. The maximum absolute atomic E-state index is 4.52. The van der Waals surface area contributed by atoms with E-state index in [-0.39, 0.29) is 0 Å². The summed E-state index contributed by atoms with van der Waals surface area (Å²) in [6, 6.07) is 8.18. The van der Waals surface area contributed by atoms with Gasteiger partial charge in [-0.15, -0.1) is 0 Å². The van der Waals surface area contributed by atoms with Crippen molar-refractivity contribution in [2.45, 2.75) is 44.3 Å². The molecule has 0 amide bonds. The molecule has 88 valence electrons. The number of hydrogen-bond donors (Lipinski definition) is 1. The molecule has 2 aromatic rings. The molecule has 1 heterocycles. The molecular weight excluding hydrogens is 210 g/mol. The van der Waals surface area contributed by atoms with Crippen LogP contribution in [0.25, 0.3) is 11.0 Å². The Labute approximate surface area is 101 Å². The minimum atomic E-state index is 0.718. The van der Waals surface area contributed by atoms with Crippen LogP contribution in [-0.4, -0.2) is 15.6 Å². The van der Waals surface area contributed by atoms with Crippen LogP contribution in [0.3, 0.4) is 0 Å². The first kappa shape index (κ1) is 9.66. The molecule has 3 heteroatoms. The van der Waals surface area contributed by atoms with Crippen LogP contribution in [-0.2, 0) is 6.54 Å². The Kier molecular flexibility index (Phi) is 2.03. The molecule has 2 fully saturated rings. The molecule has 4 rings (SSSR count). The lowest BCUT2D eigenvalue weighted by molar-refractivity contribution is 0.688. The van der Waals surface area contributed by atoms with E-state index in [4.69, 9.17) is 0 Å². The zero-order valence-corrected chi connectivity index (χ0v) is 9.89. The first-order valence-electron chi connectivity index (χ1n) is 6.59. The summed E-state index contributed by atoms with van der Waals surface area (Å²) in [5.74, 6) is 0. The van der Waals surface area contributed by atoms with Crippen LogP contribution in [0.5, 0.6) is 0 Å². The van der Waals surface area contributed by atoms with Crippen LogP contribution in [0.2, 0.25) is 0 Å². The van der Waals surface area contributed by atoms with E-state index < -0.39 is 0 Å². The second-order valence-corrected chi connectivity index (χ2v) is 5.36. The maximum Gasteiger partial charge on any atom is 0.0960 e. The Balaban J connectivity index is 1.62. The molecule has 0 bridgehead atoms. The van der Waals surface area contributed by atoms with E-state index in [2.05, 4.69) is 33.1 Å². The highest BCUT2D eigenvalue weighted by atomic mass is 15.1. The van der Waals surface area contributed by atoms with Gasteiger partial charge in [-0.3, -0.25) is 0 Å². The molecule has 2 aliphatic rings. The van der Waals surface area contributed by atoms with E-state index in [0.717, 1.165) is 24.1 Å². The second-order valence-electron chi connectivity index (χ2n) is 5.36. The van der Waals surface area contributed by atoms with Crippen molar-refractivity contribution < 1.29 is 0 Å². The Morgan fingerprint density at radius 1 is 1.24 bits per heavy atom. The summed E-state index contributed by atoms with van der Waals surface area (Å²) in [5.41, 5.74) is 3.79. The fraction of sp³-hybridized carbons (Fsp3) is 0.500. The lowest BCUT2D eigenvalue weighted by Crippen LogP contribution is -2.15. The largest absolute Gasteiger partial charge is 0.327 e. The van der Waals surface area contributed by atoms with Crippen molar-refractivity contribution >= 4 is 11.0 Å². The summed E-state index contributed by atoms with van der Waals surface area (Å²) in [7, 11) is 0. The summed E-state index contributed by atoms with van der Waals surface area (Å²) in [6.45, 7) is 0.983. The Bertz CT molecular complexity index is 550. The van der Waals surface area contributed by atoms with Crippen LogP contribution < -0.4 is 5.32 Å². The molecule has 2 aliphatic carbocycles. The third-order valence-corrected chi connectivity index (χ3v) is 3.75. The predicted molar refractivity (Wildman–Crippen MR) is 67.9 cm³/mol. The minimum absolute atomic E-state index is 0.718. The highest BCUT2D eigenvalue weighted by Crippen LogP contribution is 2.37. The summed E-state index contributed by atoms with van der Waals surface area (Å²) in [6.07, 6.45) is 7.32. The maximum atomic E-state index is 4.52. The van der Waals surface area contributed by atoms with E-state index in [9.17, 15) is 0 Å². The fourth-order valence-corrected chi connectivity index (χ4v) is 2.38. The lowest BCUT2D eigenvalue weighted by atomic mass is 10.2. The van der Waals surface area contributed by atoms with Crippen molar-refractivity contribution in [3.63, 3.8) is 0 Å². The molecule has 3 nitrogen and oxygen atoms in total. The van der Waals surface area contributed by atoms with E-state index in [0.29, 0.717) is 0 Å². The summed E-state index contributed by atoms with van der Waals surface area (Å²) >= 11 is 0. The van der Waals surface area contributed by atoms with Gasteiger partial charge >= 0.3 is 0 Å². The van der Waals surface area contributed by atoms with Gasteiger partial charge in [0.05, 0.1) is 17.4 Å². The molecule has 0 atom stereocenters. The molecule has 2 saturated carbocycles. The van der Waals surface area contributed by atoms with Crippen LogP contribution in [0.4, 0.5) is 0 Å². The van der Waals surface area contributed by atoms with E-state index >= 15 is 0 Å². The zero-order chi connectivity index (χ0) is 11.2. The van der Waals surface area contributed by atoms with Gasteiger partial charge in [-0.05, 0) is 43.4 Å². The lowest BCUT2D eigenvalue weighted by Gasteiger charge is -2.04. The standard InChI is InChI=1S/C14H17N3/c1-6-14-13(16-9-17(14)12-4-5-12)7-10(1)8-15-11-2-3-11/h1,6-7,9,11-12,15H,2-5,8H2. The van der Waals surface area contributed by atoms with E-state index in [1.54, 1.807) is 0 Å². The molecule has 1 aromatic carbocycles. The smallest absolute Gasteiger partial charge is 0.0960 e. The van der Waals surface area contributed by atoms with Gasteiger partial charge in [-0.2, -0.15) is 0 Å². The van der Waals surface area contributed by atoms with Gasteiger partial charge < -0.3 is 9.88 Å². The number of rotatable bonds is 4. The summed E-state index contributed by atoms with van der Waals surface area (Å²) < 4.78 is 2.33. The van der Waals surface area contributed by atoms with Crippen molar-refractivity contribution in [3.8, 4) is 0 Å². The first-order chi connectivity index (χ1) is 8.40. The van der Waals surface area contributed by atoms with Gasteiger partial charge in [-0.25, -0.2) is 4.98 Å². The molecule has 0 aliphatic heterocycles. The molecule has 17 heavy (non-hydrogen) atoms. The highest BCUT2D eigenvalue weighted by Gasteiger charge is 2.25. The van der Waals surface area contributed by atoms with E-state index in [1.807, 2.05) is 6.33 Å². The molecule has 0 radical (unpaired) electrons. The number of imidazole rings is 1. The van der Waals surface area contributed by atoms with Gasteiger partial charge in [0.1, 0.15) is 0 Å². The van der Waals surface area contributed by atoms with Crippen molar-refractivity contribution in [1.82, 2.24) is 14.9 Å². The molecular formula is C14H17N3. The van der Waals surface area contributed by atoms with E-state index in [1.165, 1.54) is 36.8 Å². The Morgan fingerprint density at radius 2 is 2.12 bits per heavy atom. The Hall–Kier alpha value is -1.35. The number of nitrogens with zero attached hydrogens (tertiary/aromatic N) is 2. The third kappa shape index (κ3) is 1.84. The molecule has 0 unspecified atom stereocenters. The SMILES string of the molecule is c1cc2c(cc1CNC1CC1)ncn2C1CC1. The first-order valence-corrected chi connectivity index (χ1v) is 6.59. The average molecular weight is 227 g/mol. The number of aromatic nitrogens is 2. The second kappa shape index (κ2) is 3.57. The monoisotopic (exact) mass is 227 g/mol. The van der Waals surface area contributed by atoms with Gasteiger partial charge in [0.2, 0.25) is 0 Å². The van der Waals surface area contributed by atoms with Crippen molar-refractivity contribution in [2.24, 2.45) is 0 Å². The minimum Gasteiger partial charge on any atom is -0.327 e. The zero-order valence-electron chi connectivity index (χ0n) is 9.89. The fourth-order valence-electron chi connectivity index (χ4n) is 2.38. The van der Waals surface area contributed by atoms with Crippen molar-refractivity contribution in [2.75, 3.05) is 0 Å². The van der Waals surface area contributed by atoms with Gasteiger partial charge in [-0.1, -0.05) is 6.07 Å². The van der Waals surface area contributed by atoms with Gasteiger partial charge in [0.25, 0.3) is 0 Å². The van der Waals surface area contributed by atoms with Gasteiger partial charge in [0, 0.05) is 18.6 Å². The molecule has 1 N–H and O–H groups in total. The number of hydrogen-bond acceptors (Lipinski definition) is 2. The molecule has 0 spiro atoms. The van der Waals surface area contributed by atoms with Crippen molar-refractivity contribution in [3.05, 3.63) is 30.1 Å². The quantitative estimate of drug-likeness (QED) is 0.870. The van der Waals surface area contributed by atoms with Gasteiger partial charge in [0.15, 0.2) is 0 Å². The predicted octanol–water partition coefficient (Wildman–Crippen LogP) is 2.62. The average Bonchev–Trinajstić information content (AvgIpc) is 3.25. The molecule has 1 aromatic heterocycles. The number of nitrogens with one attached hydrogen (secondary N) is 1. The summed E-state index contributed by atoms with van der Waals surface area (Å²) in [4.78, 5) is 4.52. The van der Waals surface area contributed by atoms with Crippen molar-refractivity contribution in [1.29, 1.82) is 0 Å². The number of benzene rings is 1. The normalized spacial score (nSPS) is 20.0. The number of fused-ring (bicyclic) bond motifs is 1. The highest BCUT2D eigenvalue weighted by molar-refractivity contribution is 5.76.